The Balaban J connectivity index is 1.69. The van der Waals surface area contributed by atoms with E-state index < -0.39 is 0 Å². The Hall–Kier alpha value is -0.650. The van der Waals surface area contributed by atoms with E-state index in [2.05, 4.69) is 29.1 Å². The van der Waals surface area contributed by atoms with Crippen molar-refractivity contribution in [1.29, 1.82) is 0 Å². The fraction of sp³-hybridized carbons (Fsp3) is 0.933. The van der Waals surface area contributed by atoms with E-state index in [1.54, 1.807) is 0 Å². The zero-order chi connectivity index (χ0) is 14.5. The summed E-state index contributed by atoms with van der Waals surface area (Å²) in [4.78, 5) is 17.1. The van der Waals surface area contributed by atoms with Crippen LogP contribution in [0.25, 0.3) is 0 Å². The zero-order valence-electron chi connectivity index (χ0n) is 13.0. The van der Waals surface area contributed by atoms with E-state index in [1.165, 1.54) is 0 Å². The highest BCUT2D eigenvalue weighted by Crippen LogP contribution is 2.28. The second-order valence-electron chi connectivity index (χ2n) is 6.53. The molecule has 0 radical (unpaired) electrons. The third kappa shape index (κ3) is 4.17. The van der Waals surface area contributed by atoms with Gasteiger partial charge in [-0.15, -0.1) is 0 Å². The first-order valence-corrected chi connectivity index (χ1v) is 8.02. The summed E-state index contributed by atoms with van der Waals surface area (Å²) in [6, 6.07) is 0.0439. The number of nitrogens with zero attached hydrogens (tertiary/aromatic N) is 2. The average molecular weight is 282 g/mol. The monoisotopic (exact) mass is 282 g/mol. The molecule has 5 nitrogen and oxygen atoms in total. The maximum atomic E-state index is 12.3. The van der Waals surface area contributed by atoms with Crippen molar-refractivity contribution in [1.82, 2.24) is 15.1 Å². The van der Waals surface area contributed by atoms with Crippen molar-refractivity contribution in [3.8, 4) is 0 Å². The summed E-state index contributed by atoms with van der Waals surface area (Å²) in [5, 5.41) is 3.10. The highest BCUT2D eigenvalue weighted by atomic mass is 16.1. The molecule has 1 aliphatic carbocycles. The van der Waals surface area contributed by atoms with Gasteiger partial charge in [0.15, 0.2) is 0 Å². The average Bonchev–Trinajstić information content (AvgIpc) is 2.41. The van der Waals surface area contributed by atoms with Gasteiger partial charge in [-0.25, -0.2) is 0 Å². The van der Waals surface area contributed by atoms with Crippen molar-refractivity contribution in [2.75, 3.05) is 46.3 Å². The molecule has 0 aromatic carbocycles. The van der Waals surface area contributed by atoms with Gasteiger partial charge in [0.1, 0.15) is 0 Å². The lowest BCUT2D eigenvalue weighted by molar-refractivity contribution is -0.128. The number of carbonyl (C=O) groups is 1. The van der Waals surface area contributed by atoms with E-state index in [-0.39, 0.29) is 17.9 Å². The molecule has 0 spiro atoms. The van der Waals surface area contributed by atoms with Gasteiger partial charge in [-0.05, 0) is 25.8 Å². The van der Waals surface area contributed by atoms with E-state index in [0.29, 0.717) is 5.92 Å². The van der Waals surface area contributed by atoms with Crippen molar-refractivity contribution < 1.29 is 4.79 Å². The van der Waals surface area contributed by atoms with Gasteiger partial charge in [-0.1, -0.05) is 13.3 Å². The van der Waals surface area contributed by atoms with Crippen LogP contribution in [-0.2, 0) is 4.79 Å². The van der Waals surface area contributed by atoms with Crippen molar-refractivity contribution in [2.24, 2.45) is 17.6 Å². The molecular weight excluding hydrogens is 252 g/mol. The molecule has 5 heteroatoms. The Morgan fingerprint density at radius 3 is 2.60 bits per heavy atom. The summed E-state index contributed by atoms with van der Waals surface area (Å²) in [5.41, 5.74) is 6.12. The van der Waals surface area contributed by atoms with Gasteiger partial charge in [0.25, 0.3) is 0 Å². The Labute approximate surface area is 122 Å². The molecule has 3 N–H and O–H groups in total. The SMILES string of the molecule is CC1CCCC(N)C1C(=O)NCCN1CCN(C)CC1. The van der Waals surface area contributed by atoms with Gasteiger partial charge in [0.2, 0.25) is 5.91 Å². The van der Waals surface area contributed by atoms with Crippen molar-refractivity contribution in [2.45, 2.75) is 32.2 Å². The lowest BCUT2D eigenvalue weighted by Crippen LogP contribution is -2.50. The van der Waals surface area contributed by atoms with E-state index in [4.69, 9.17) is 5.73 Å². The molecule has 20 heavy (non-hydrogen) atoms. The lowest BCUT2D eigenvalue weighted by Gasteiger charge is -2.34. The molecule has 2 aliphatic rings. The van der Waals surface area contributed by atoms with Crippen LogP contribution in [0.3, 0.4) is 0 Å². The fourth-order valence-corrected chi connectivity index (χ4v) is 3.44. The molecule has 3 unspecified atom stereocenters. The minimum atomic E-state index is 0.0104. The number of hydrogen-bond acceptors (Lipinski definition) is 4. The first-order valence-electron chi connectivity index (χ1n) is 8.02. The van der Waals surface area contributed by atoms with E-state index in [0.717, 1.165) is 58.5 Å². The smallest absolute Gasteiger partial charge is 0.224 e. The van der Waals surface area contributed by atoms with Crippen molar-refractivity contribution >= 4 is 5.91 Å². The van der Waals surface area contributed by atoms with Gasteiger partial charge in [-0.3, -0.25) is 9.69 Å². The predicted octanol–water partition coefficient (Wildman–Crippen LogP) is 0.114. The van der Waals surface area contributed by atoms with Crippen LogP contribution >= 0.6 is 0 Å². The minimum absolute atomic E-state index is 0.0104. The molecule has 2 rings (SSSR count). The van der Waals surface area contributed by atoms with Crippen LogP contribution in [0.15, 0.2) is 0 Å². The van der Waals surface area contributed by atoms with E-state index in [1.807, 2.05) is 0 Å². The van der Waals surface area contributed by atoms with Crippen LogP contribution in [0.1, 0.15) is 26.2 Å². The summed E-state index contributed by atoms with van der Waals surface area (Å²) < 4.78 is 0. The van der Waals surface area contributed by atoms with Gasteiger partial charge in [-0.2, -0.15) is 0 Å². The largest absolute Gasteiger partial charge is 0.355 e. The quantitative estimate of drug-likeness (QED) is 0.768. The Morgan fingerprint density at radius 2 is 1.95 bits per heavy atom. The molecule has 1 saturated heterocycles. The van der Waals surface area contributed by atoms with Crippen LogP contribution in [0, 0.1) is 11.8 Å². The molecule has 1 aliphatic heterocycles. The molecule has 0 bridgehead atoms. The predicted molar refractivity (Wildman–Crippen MR) is 81.4 cm³/mol. The summed E-state index contributed by atoms with van der Waals surface area (Å²) in [6.45, 7) is 8.31. The maximum absolute atomic E-state index is 12.3. The fourth-order valence-electron chi connectivity index (χ4n) is 3.44. The molecular formula is C15H30N4O. The van der Waals surface area contributed by atoms with Crippen LogP contribution in [0.2, 0.25) is 0 Å². The second-order valence-corrected chi connectivity index (χ2v) is 6.53. The summed E-state index contributed by atoms with van der Waals surface area (Å²) in [7, 11) is 2.16. The Morgan fingerprint density at radius 1 is 1.25 bits per heavy atom. The second kappa shape index (κ2) is 7.38. The Bertz CT molecular complexity index is 305. The summed E-state index contributed by atoms with van der Waals surface area (Å²) in [5.74, 6) is 0.595. The molecule has 1 heterocycles. The molecule has 3 atom stereocenters. The molecule has 0 aromatic heterocycles. The molecule has 116 valence electrons. The van der Waals surface area contributed by atoms with Crippen molar-refractivity contribution in [3.63, 3.8) is 0 Å². The van der Waals surface area contributed by atoms with Gasteiger partial charge in [0, 0.05) is 45.3 Å². The number of nitrogens with two attached hydrogens (primary N) is 1. The van der Waals surface area contributed by atoms with Gasteiger partial charge < -0.3 is 16.0 Å². The normalized spacial score (nSPS) is 33.0. The lowest BCUT2D eigenvalue weighted by atomic mass is 9.76. The number of amides is 1. The van der Waals surface area contributed by atoms with E-state index in [9.17, 15) is 4.79 Å². The number of nitrogens with one attached hydrogen (secondary N) is 1. The highest BCUT2D eigenvalue weighted by molar-refractivity contribution is 5.79. The van der Waals surface area contributed by atoms with Crippen LogP contribution in [-0.4, -0.2) is 68.1 Å². The zero-order valence-corrected chi connectivity index (χ0v) is 13.0. The third-order valence-corrected chi connectivity index (χ3v) is 4.90. The number of piperazine rings is 1. The standard InChI is InChI=1S/C15H30N4O/c1-12-4-3-5-13(16)14(12)15(20)17-6-7-19-10-8-18(2)9-11-19/h12-14H,3-11,16H2,1-2H3,(H,17,20). The Kier molecular flexibility index (Phi) is 5.81. The highest BCUT2D eigenvalue weighted by Gasteiger charge is 2.33. The first-order chi connectivity index (χ1) is 9.58. The van der Waals surface area contributed by atoms with Crippen molar-refractivity contribution in [3.05, 3.63) is 0 Å². The minimum Gasteiger partial charge on any atom is -0.355 e. The number of carbonyl (C=O) groups excluding carboxylic acids is 1. The number of likely N-dealkylation sites (N-methyl/N-ethyl adjacent to an activating group) is 1. The van der Waals surface area contributed by atoms with Gasteiger partial charge in [0.05, 0.1) is 5.92 Å². The molecule has 1 amide bonds. The van der Waals surface area contributed by atoms with Gasteiger partial charge >= 0.3 is 0 Å². The van der Waals surface area contributed by atoms with Crippen LogP contribution < -0.4 is 11.1 Å². The summed E-state index contributed by atoms with van der Waals surface area (Å²) in [6.07, 6.45) is 3.28. The summed E-state index contributed by atoms with van der Waals surface area (Å²) >= 11 is 0. The maximum Gasteiger partial charge on any atom is 0.224 e. The topological polar surface area (TPSA) is 61.6 Å². The van der Waals surface area contributed by atoms with Crippen LogP contribution in [0.4, 0.5) is 0 Å². The molecule has 0 aromatic rings. The third-order valence-electron chi connectivity index (χ3n) is 4.90. The van der Waals surface area contributed by atoms with Crippen LogP contribution in [0.5, 0.6) is 0 Å². The first kappa shape index (κ1) is 15.7. The number of rotatable bonds is 4. The number of hydrogen-bond donors (Lipinski definition) is 2. The van der Waals surface area contributed by atoms with E-state index >= 15 is 0 Å². The molecule has 1 saturated carbocycles. The molecule has 2 fully saturated rings.